The SMILES string of the molecule is COC(=O)CNC(=O)[C@@H]1CC[C@@H]1N. The highest BCUT2D eigenvalue weighted by atomic mass is 16.5. The molecule has 1 amide bonds. The molecule has 2 atom stereocenters. The third kappa shape index (κ3) is 2.42. The maximum absolute atomic E-state index is 11.3. The minimum atomic E-state index is -0.443. The van der Waals surface area contributed by atoms with Crippen molar-refractivity contribution < 1.29 is 14.3 Å². The van der Waals surface area contributed by atoms with Crippen LogP contribution in [0.4, 0.5) is 0 Å². The fraction of sp³-hybridized carbons (Fsp3) is 0.750. The molecule has 1 aliphatic carbocycles. The molecular formula is C8H14N2O3. The lowest BCUT2D eigenvalue weighted by Crippen LogP contribution is -2.49. The van der Waals surface area contributed by atoms with Crippen molar-refractivity contribution in [3.05, 3.63) is 0 Å². The summed E-state index contributed by atoms with van der Waals surface area (Å²) >= 11 is 0. The van der Waals surface area contributed by atoms with E-state index in [1.807, 2.05) is 0 Å². The zero-order valence-electron chi connectivity index (χ0n) is 7.58. The molecule has 0 unspecified atom stereocenters. The lowest BCUT2D eigenvalue weighted by atomic mass is 9.79. The van der Waals surface area contributed by atoms with Crippen LogP contribution in [0, 0.1) is 5.92 Å². The lowest BCUT2D eigenvalue weighted by Gasteiger charge is -2.31. The number of carbonyl (C=O) groups excluding carboxylic acids is 2. The Morgan fingerprint density at radius 1 is 1.54 bits per heavy atom. The van der Waals surface area contributed by atoms with Crippen LogP contribution in [0.25, 0.3) is 0 Å². The van der Waals surface area contributed by atoms with E-state index in [4.69, 9.17) is 5.73 Å². The van der Waals surface area contributed by atoms with E-state index in [1.165, 1.54) is 7.11 Å². The van der Waals surface area contributed by atoms with Gasteiger partial charge in [-0.05, 0) is 12.8 Å². The molecule has 13 heavy (non-hydrogen) atoms. The van der Waals surface area contributed by atoms with Crippen LogP contribution in [0.5, 0.6) is 0 Å². The lowest BCUT2D eigenvalue weighted by molar-refractivity contribution is -0.142. The zero-order chi connectivity index (χ0) is 9.84. The third-order valence-electron chi connectivity index (χ3n) is 2.30. The Morgan fingerprint density at radius 2 is 2.23 bits per heavy atom. The summed E-state index contributed by atoms with van der Waals surface area (Å²) in [6.07, 6.45) is 1.70. The van der Waals surface area contributed by atoms with Gasteiger partial charge in [-0.3, -0.25) is 9.59 Å². The number of carbonyl (C=O) groups is 2. The normalized spacial score (nSPS) is 26.0. The summed E-state index contributed by atoms with van der Waals surface area (Å²) in [4.78, 5) is 21.9. The Balaban J connectivity index is 2.21. The summed E-state index contributed by atoms with van der Waals surface area (Å²) in [6, 6.07) is -0.0438. The molecule has 0 heterocycles. The highest BCUT2D eigenvalue weighted by Crippen LogP contribution is 2.25. The van der Waals surface area contributed by atoms with Crippen molar-refractivity contribution in [3.63, 3.8) is 0 Å². The fourth-order valence-corrected chi connectivity index (χ4v) is 1.21. The van der Waals surface area contributed by atoms with Crippen LogP contribution >= 0.6 is 0 Å². The molecule has 0 bridgehead atoms. The number of methoxy groups -OCH3 is 1. The first-order valence-electron chi connectivity index (χ1n) is 4.25. The number of hydrogen-bond donors (Lipinski definition) is 2. The Morgan fingerprint density at radius 3 is 2.62 bits per heavy atom. The van der Waals surface area contributed by atoms with Crippen molar-refractivity contribution in [2.45, 2.75) is 18.9 Å². The number of esters is 1. The van der Waals surface area contributed by atoms with Crippen LogP contribution < -0.4 is 11.1 Å². The van der Waals surface area contributed by atoms with E-state index < -0.39 is 5.97 Å². The predicted octanol–water partition coefficient (Wildman–Crippen LogP) is -0.987. The molecule has 5 heteroatoms. The summed E-state index contributed by atoms with van der Waals surface area (Å²) < 4.78 is 4.37. The van der Waals surface area contributed by atoms with Crippen molar-refractivity contribution in [2.24, 2.45) is 11.7 Å². The number of hydrogen-bond acceptors (Lipinski definition) is 4. The number of rotatable bonds is 3. The van der Waals surface area contributed by atoms with Crippen LogP contribution in [0.15, 0.2) is 0 Å². The minimum absolute atomic E-state index is 0.0438. The van der Waals surface area contributed by atoms with Gasteiger partial charge in [0.25, 0.3) is 0 Å². The number of nitrogens with two attached hydrogens (primary N) is 1. The summed E-state index contributed by atoms with van der Waals surface area (Å²) in [5, 5.41) is 2.47. The average Bonchev–Trinajstić information content (AvgIpc) is 2.11. The van der Waals surface area contributed by atoms with E-state index in [0.29, 0.717) is 0 Å². The predicted molar refractivity (Wildman–Crippen MR) is 45.7 cm³/mol. The first-order valence-corrected chi connectivity index (χ1v) is 4.25. The van der Waals surface area contributed by atoms with E-state index in [9.17, 15) is 9.59 Å². The molecule has 3 N–H and O–H groups in total. The second-order valence-electron chi connectivity index (χ2n) is 3.14. The van der Waals surface area contributed by atoms with Crippen LogP contribution in [0.1, 0.15) is 12.8 Å². The van der Waals surface area contributed by atoms with E-state index >= 15 is 0 Å². The monoisotopic (exact) mass is 186 g/mol. The summed E-state index contributed by atoms with van der Waals surface area (Å²) in [5.74, 6) is -0.713. The van der Waals surface area contributed by atoms with Crippen LogP contribution in [-0.2, 0) is 14.3 Å². The summed E-state index contributed by atoms with van der Waals surface area (Å²) in [5.41, 5.74) is 5.59. The summed E-state index contributed by atoms with van der Waals surface area (Å²) in [6.45, 7) is -0.0709. The highest BCUT2D eigenvalue weighted by molar-refractivity contribution is 5.84. The second-order valence-corrected chi connectivity index (χ2v) is 3.14. The maximum Gasteiger partial charge on any atom is 0.325 e. The molecule has 0 saturated heterocycles. The molecule has 1 saturated carbocycles. The van der Waals surface area contributed by atoms with Gasteiger partial charge in [0.1, 0.15) is 6.54 Å². The molecular weight excluding hydrogens is 172 g/mol. The zero-order valence-corrected chi connectivity index (χ0v) is 7.58. The van der Waals surface area contributed by atoms with Crippen molar-refractivity contribution in [1.82, 2.24) is 5.32 Å². The molecule has 1 fully saturated rings. The van der Waals surface area contributed by atoms with Crippen LogP contribution in [0.3, 0.4) is 0 Å². The topological polar surface area (TPSA) is 81.4 Å². The van der Waals surface area contributed by atoms with Gasteiger partial charge in [0.15, 0.2) is 0 Å². The van der Waals surface area contributed by atoms with Gasteiger partial charge in [0.2, 0.25) is 5.91 Å². The van der Waals surface area contributed by atoms with E-state index in [2.05, 4.69) is 10.1 Å². The molecule has 5 nitrogen and oxygen atoms in total. The third-order valence-corrected chi connectivity index (χ3v) is 2.30. The van der Waals surface area contributed by atoms with E-state index in [-0.39, 0.29) is 24.4 Å². The molecule has 1 aliphatic rings. The number of amides is 1. The average molecular weight is 186 g/mol. The van der Waals surface area contributed by atoms with E-state index in [1.54, 1.807) is 0 Å². The van der Waals surface area contributed by atoms with Gasteiger partial charge in [0.05, 0.1) is 13.0 Å². The van der Waals surface area contributed by atoms with Gasteiger partial charge in [-0.2, -0.15) is 0 Å². The van der Waals surface area contributed by atoms with Gasteiger partial charge in [-0.25, -0.2) is 0 Å². The van der Waals surface area contributed by atoms with Gasteiger partial charge in [0, 0.05) is 6.04 Å². The largest absolute Gasteiger partial charge is 0.468 e. The van der Waals surface area contributed by atoms with Crippen molar-refractivity contribution in [1.29, 1.82) is 0 Å². The second kappa shape index (κ2) is 4.23. The number of nitrogens with one attached hydrogen (secondary N) is 1. The molecule has 0 aromatic heterocycles. The standard InChI is InChI=1S/C8H14N2O3/c1-13-7(11)4-10-8(12)5-2-3-6(5)9/h5-6H,2-4,9H2,1H3,(H,10,12)/t5-,6+/m1/s1. The Bertz CT molecular complexity index is 217. The Hall–Kier alpha value is -1.10. The first kappa shape index (κ1) is 9.98. The van der Waals surface area contributed by atoms with E-state index in [0.717, 1.165) is 12.8 Å². The van der Waals surface area contributed by atoms with Crippen molar-refractivity contribution in [3.8, 4) is 0 Å². The maximum atomic E-state index is 11.3. The first-order chi connectivity index (χ1) is 6.15. The van der Waals surface area contributed by atoms with Crippen LogP contribution in [-0.4, -0.2) is 31.6 Å². The Kier molecular flexibility index (Phi) is 3.25. The quantitative estimate of drug-likeness (QED) is 0.555. The minimum Gasteiger partial charge on any atom is -0.468 e. The molecule has 1 rings (SSSR count). The van der Waals surface area contributed by atoms with Gasteiger partial charge < -0.3 is 15.8 Å². The van der Waals surface area contributed by atoms with Gasteiger partial charge in [-0.1, -0.05) is 0 Å². The fourth-order valence-electron chi connectivity index (χ4n) is 1.21. The molecule has 74 valence electrons. The van der Waals surface area contributed by atoms with Crippen molar-refractivity contribution >= 4 is 11.9 Å². The Labute approximate surface area is 76.6 Å². The molecule has 0 aromatic carbocycles. The molecule has 0 aliphatic heterocycles. The molecule has 0 radical (unpaired) electrons. The highest BCUT2D eigenvalue weighted by Gasteiger charge is 2.33. The number of ether oxygens (including phenoxy) is 1. The van der Waals surface area contributed by atoms with Gasteiger partial charge in [-0.15, -0.1) is 0 Å². The molecule has 0 aromatic rings. The van der Waals surface area contributed by atoms with Crippen molar-refractivity contribution in [2.75, 3.05) is 13.7 Å². The smallest absolute Gasteiger partial charge is 0.325 e. The van der Waals surface area contributed by atoms with Crippen LogP contribution in [0.2, 0.25) is 0 Å². The van der Waals surface area contributed by atoms with Gasteiger partial charge >= 0.3 is 5.97 Å². The summed E-state index contributed by atoms with van der Waals surface area (Å²) in [7, 11) is 1.28. The molecule has 0 spiro atoms.